The van der Waals surface area contributed by atoms with E-state index in [9.17, 15) is 15.0 Å². The topological polar surface area (TPSA) is 66.8 Å². The molecule has 0 saturated carbocycles. The first kappa shape index (κ1) is 15.6. The van der Waals surface area contributed by atoms with Crippen LogP contribution in [0.5, 0.6) is 17.2 Å². The number of ketones is 1. The van der Waals surface area contributed by atoms with Gasteiger partial charge in [-0.05, 0) is 61.9 Å². The zero-order valence-corrected chi connectivity index (χ0v) is 12.5. The summed E-state index contributed by atoms with van der Waals surface area (Å²) in [5.41, 5.74) is 1.18. The van der Waals surface area contributed by atoms with Gasteiger partial charge < -0.3 is 14.9 Å². The summed E-state index contributed by atoms with van der Waals surface area (Å²) in [6.45, 7) is 3.88. The minimum Gasteiger partial charge on any atom is -0.504 e. The molecule has 0 bridgehead atoms. The Morgan fingerprint density at radius 1 is 1.05 bits per heavy atom. The average molecular weight is 298 g/mol. The van der Waals surface area contributed by atoms with Crippen molar-refractivity contribution in [3.05, 3.63) is 59.7 Å². The van der Waals surface area contributed by atoms with Crippen molar-refractivity contribution in [1.29, 1.82) is 0 Å². The third-order valence-corrected chi connectivity index (χ3v) is 2.94. The van der Waals surface area contributed by atoms with Crippen LogP contribution in [0.2, 0.25) is 0 Å². The van der Waals surface area contributed by atoms with Crippen molar-refractivity contribution in [2.75, 3.05) is 0 Å². The molecule has 2 N–H and O–H groups in total. The Balaban J connectivity index is 2.08. The smallest absolute Gasteiger partial charge is 0.185 e. The molecule has 2 aromatic rings. The third-order valence-electron chi connectivity index (χ3n) is 2.94. The summed E-state index contributed by atoms with van der Waals surface area (Å²) in [5, 5.41) is 18.6. The summed E-state index contributed by atoms with van der Waals surface area (Å²) in [5.74, 6) is 0.164. The van der Waals surface area contributed by atoms with Crippen molar-refractivity contribution < 1.29 is 19.7 Å². The van der Waals surface area contributed by atoms with E-state index in [0.717, 1.165) is 5.75 Å². The van der Waals surface area contributed by atoms with Crippen molar-refractivity contribution in [2.45, 2.75) is 20.0 Å². The molecular formula is C18H18O4. The Kier molecular flexibility index (Phi) is 4.84. The van der Waals surface area contributed by atoms with Gasteiger partial charge in [-0.3, -0.25) is 4.79 Å². The van der Waals surface area contributed by atoms with Crippen molar-refractivity contribution in [3.63, 3.8) is 0 Å². The van der Waals surface area contributed by atoms with Crippen LogP contribution in [0.15, 0.2) is 48.5 Å². The predicted octanol–water partition coefficient (Wildman–Crippen LogP) is 3.78. The predicted molar refractivity (Wildman–Crippen MR) is 85.3 cm³/mol. The average Bonchev–Trinajstić information content (AvgIpc) is 2.48. The largest absolute Gasteiger partial charge is 0.504 e. The Morgan fingerprint density at radius 3 is 2.32 bits per heavy atom. The number of phenols is 2. The van der Waals surface area contributed by atoms with Crippen LogP contribution in [0.1, 0.15) is 29.8 Å². The number of hydrogen-bond donors (Lipinski definition) is 2. The van der Waals surface area contributed by atoms with Crippen LogP contribution in [-0.2, 0) is 0 Å². The van der Waals surface area contributed by atoms with Crippen molar-refractivity contribution in [1.82, 2.24) is 0 Å². The zero-order valence-electron chi connectivity index (χ0n) is 12.5. The minimum absolute atomic E-state index is 0.0867. The Bertz CT molecular complexity index is 685. The number of aromatic hydroxyl groups is 2. The van der Waals surface area contributed by atoms with E-state index >= 15 is 0 Å². The van der Waals surface area contributed by atoms with Gasteiger partial charge in [0.2, 0.25) is 0 Å². The number of phenolic OH excluding ortho intramolecular Hbond substituents is 2. The van der Waals surface area contributed by atoms with Crippen LogP contribution in [0.3, 0.4) is 0 Å². The van der Waals surface area contributed by atoms with Crippen molar-refractivity contribution in [2.24, 2.45) is 0 Å². The van der Waals surface area contributed by atoms with Crippen LogP contribution >= 0.6 is 0 Å². The van der Waals surface area contributed by atoms with Gasteiger partial charge in [0.15, 0.2) is 17.3 Å². The first-order chi connectivity index (χ1) is 10.5. The second kappa shape index (κ2) is 6.80. The van der Waals surface area contributed by atoms with E-state index in [-0.39, 0.29) is 23.4 Å². The van der Waals surface area contributed by atoms with Crippen LogP contribution in [0.25, 0.3) is 6.08 Å². The quantitative estimate of drug-likeness (QED) is 0.501. The van der Waals surface area contributed by atoms with E-state index in [4.69, 9.17) is 4.74 Å². The fourth-order valence-corrected chi connectivity index (χ4v) is 1.88. The lowest BCUT2D eigenvalue weighted by Gasteiger charge is -2.09. The Hall–Kier alpha value is -2.75. The number of allylic oxidation sites excluding steroid dienone is 1. The second-order valence-corrected chi connectivity index (χ2v) is 5.14. The van der Waals surface area contributed by atoms with Crippen molar-refractivity contribution in [3.8, 4) is 17.2 Å². The normalized spacial score (nSPS) is 11.0. The number of ether oxygens (including phenoxy) is 1. The Morgan fingerprint density at radius 2 is 1.73 bits per heavy atom. The van der Waals surface area contributed by atoms with Gasteiger partial charge in [0.25, 0.3) is 0 Å². The van der Waals surface area contributed by atoms with Gasteiger partial charge in [0.1, 0.15) is 5.75 Å². The molecule has 0 aromatic heterocycles. The highest BCUT2D eigenvalue weighted by atomic mass is 16.5. The SMILES string of the molecule is CC(C)Oc1ccc(C(=O)/C=C/c2ccc(O)c(O)c2)cc1. The van der Waals surface area contributed by atoms with Gasteiger partial charge in [-0.2, -0.15) is 0 Å². The molecule has 0 amide bonds. The highest BCUT2D eigenvalue weighted by Gasteiger charge is 2.04. The fourth-order valence-electron chi connectivity index (χ4n) is 1.88. The molecule has 0 atom stereocenters. The highest BCUT2D eigenvalue weighted by Crippen LogP contribution is 2.25. The number of benzene rings is 2. The molecule has 4 heteroatoms. The third kappa shape index (κ3) is 4.12. The Labute approximate surface area is 129 Å². The van der Waals surface area contributed by atoms with Gasteiger partial charge in [0, 0.05) is 5.56 Å². The zero-order chi connectivity index (χ0) is 16.1. The summed E-state index contributed by atoms with van der Waals surface area (Å²) in [6.07, 6.45) is 3.09. The summed E-state index contributed by atoms with van der Waals surface area (Å²) in [7, 11) is 0. The van der Waals surface area contributed by atoms with E-state index in [1.165, 1.54) is 18.2 Å². The maximum atomic E-state index is 12.1. The molecule has 4 nitrogen and oxygen atoms in total. The monoisotopic (exact) mass is 298 g/mol. The van der Waals surface area contributed by atoms with E-state index in [1.807, 2.05) is 13.8 Å². The summed E-state index contributed by atoms with van der Waals surface area (Å²) < 4.78 is 5.52. The molecule has 0 aliphatic heterocycles. The lowest BCUT2D eigenvalue weighted by molar-refractivity contribution is 0.104. The molecule has 0 unspecified atom stereocenters. The number of hydrogen-bond acceptors (Lipinski definition) is 4. The molecule has 0 aliphatic rings. The summed E-state index contributed by atoms with van der Waals surface area (Å²) in [4.78, 5) is 12.1. The van der Waals surface area contributed by atoms with Gasteiger partial charge in [-0.25, -0.2) is 0 Å². The van der Waals surface area contributed by atoms with Gasteiger partial charge in [-0.1, -0.05) is 12.1 Å². The lowest BCUT2D eigenvalue weighted by atomic mass is 10.1. The van der Waals surface area contributed by atoms with Crippen LogP contribution < -0.4 is 4.74 Å². The molecule has 0 radical (unpaired) electrons. The van der Waals surface area contributed by atoms with E-state index in [0.29, 0.717) is 11.1 Å². The molecule has 0 heterocycles. The molecule has 0 saturated heterocycles. The lowest BCUT2D eigenvalue weighted by Crippen LogP contribution is -2.05. The first-order valence-electron chi connectivity index (χ1n) is 6.97. The molecule has 2 aromatic carbocycles. The summed E-state index contributed by atoms with van der Waals surface area (Å²) >= 11 is 0. The molecular weight excluding hydrogens is 280 g/mol. The van der Waals surface area contributed by atoms with Crippen LogP contribution in [-0.4, -0.2) is 22.1 Å². The van der Waals surface area contributed by atoms with Crippen molar-refractivity contribution >= 4 is 11.9 Å². The first-order valence-corrected chi connectivity index (χ1v) is 6.97. The van der Waals surface area contributed by atoms with E-state index in [1.54, 1.807) is 36.4 Å². The fraction of sp³-hybridized carbons (Fsp3) is 0.167. The molecule has 114 valence electrons. The molecule has 0 aliphatic carbocycles. The molecule has 0 spiro atoms. The number of carbonyl (C=O) groups is 1. The maximum Gasteiger partial charge on any atom is 0.185 e. The van der Waals surface area contributed by atoms with Gasteiger partial charge in [-0.15, -0.1) is 0 Å². The number of carbonyl (C=O) groups excluding carboxylic acids is 1. The summed E-state index contributed by atoms with van der Waals surface area (Å²) in [6, 6.07) is 11.3. The minimum atomic E-state index is -0.218. The van der Waals surface area contributed by atoms with Gasteiger partial charge in [0.05, 0.1) is 6.10 Å². The van der Waals surface area contributed by atoms with Crippen LogP contribution in [0.4, 0.5) is 0 Å². The molecule has 0 fully saturated rings. The maximum absolute atomic E-state index is 12.1. The van der Waals surface area contributed by atoms with E-state index in [2.05, 4.69) is 0 Å². The standard InChI is InChI=1S/C18H18O4/c1-12(2)22-15-7-5-14(6-8-15)16(19)9-3-13-4-10-17(20)18(21)11-13/h3-12,20-21H,1-2H3/b9-3+. The van der Waals surface area contributed by atoms with Crippen LogP contribution in [0, 0.1) is 0 Å². The number of rotatable bonds is 5. The molecule has 22 heavy (non-hydrogen) atoms. The highest BCUT2D eigenvalue weighted by molar-refractivity contribution is 6.06. The van der Waals surface area contributed by atoms with E-state index < -0.39 is 0 Å². The second-order valence-electron chi connectivity index (χ2n) is 5.14. The molecule has 2 rings (SSSR count). The van der Waals surface area contributed by atoms with Gasteiger partial charge >= 0.3 is 0 Å².